The number of rotatable bonds is 5. The second kappa shape index (κ2) is 6.99. The number of methoxy groups -OCH3 is 2. The second-order valence-electron chi connectivity index (χ2n) is 4.23. The molecule has 5 heteroatoms. The molecule has 0 heterocycles. The minimum atomic E-state index is -0.481. The van der Waals surface area contributed by atoms with Crippen LogP contribution in [0.1, 0.15) is 15.9 Å². The van der Waals surface area contributed by atoms with Crippen LogP contribution in [0.4, 0.5) is 0 Å². The Hall–Kier alpha value is -2.20. The van der Waals surface area contributed by atoms with Gasteiger partial charge < -0.3 is 14.2 Å². The van der Waals surface area contributed by atoms with Crippen molar-refractivity contribution in [3.8, 4) is 11.5 Å². The molecule has 0 aliphatic carbocycles. The number of halogens is 1. The van der Waals surface area contributed by atoms with Crippen molar-refractivity contribution in [2.24, 2.45) is 0 Å². The van der Waals surface area contributed by atoms with Crippen LogP contribution in [0.5, 0.6) is 11.5 Å². The fraction of sp³-hybridized carbons (Fsp3) is 0.188. The van der Waals surface area contributed by atoms with E-state index in [0.717, 1.165) is 5.56 Å². The molecule has 0 saturated carbocycles. The van der Waals surface area contributed by atoms with Crippen LogP contribution in [0.3, 0.4) is 0 Å². The van der Waals surface area contributed by atoms with E-state index in [2.05, 4.69) is 0 Å². The van der Waals surface area contributed by atoms with Crippen LogP contribution >= 0.6 is 11.6 Å². The number of ether oxygens (including phenoxy) is 3. The fourth-order valence-electron chi connectivity index (χ4n) is 1.84. The third-order valence-electron chi connectivity index (χ3n) is 2.94. The largest absolute Gasteiger partial charge is 0.497 e. The molecule has 21 heavy (non-hydrogen) atoms. The maximum absolute atomic E-state index is 12.0. The highest BCUT2D eigenvalue weighted by Gasteiger charge is 2.13. The normalized spacial score (nSPS) is 10.0. The van der Waals surface area contributed by atoms with Crippen molar-refractivity contribution in [2.45, 2.75) is 6.61 Å². The molecule has 0 aliphatic rings. The van der Waals surface area contributed by atoms with Gasteiger partial charge >= 0.3 is 5.97 Å². The minimum Gasteiger partial charge on any atom is -0.497 e. The molecule has 0 saturated heterocycles. The van der Waals surface area contributed by atoms with E-state index in [-0.39, 0.29) is 6.61 Å². The van der Waals surface area contributed by atoms with Crippen LogP contribution in [-0.2, 0) is 11.3 Å². The van der Waals surface area contributed by atoms with E-state index in [4.69, 9.17) is 25.8 Å². The number of carbonyl (C=O) groups is 1. The number of hydrogen-bond donors (Lipinski definition) is 0. The molecule has 2 rings (SSSR count). The van der Waals surface area contributed by atoms with Crippen molar-refractivity contribution in [3.05, 3.63) is 58.6 Å². The minimum absolute atomic E-state index is 0.0738. The van der Waals surface area contributed by atoms with Crippen molar-refractivity contribution < 1.29 is 19.0 Å². The third kappa shape index (κ3) is 3.67. The summed E-state index contributed by atoms with van der Waals surface area (Å²) in [5.74, 6) is 0.813. The lowest BCUT2D eigenvalue weighted by molar-refractivity contribution is 0.0470. The molecule has 4 nitrogen and oxygen atoms in total. The summed E-state index contributed by atoms with van der Waals surface area (Å²) in [7, 11) is 3.13. The molecule has 0 unspecified atom stereocenters. The van der Waals surface area contributed by atoms with Crippen LogP contribution in [-0.4, -0.2) is 20.2 Å². The topological polar surface area (TPSA) is 44.8 Å². The van der Waals surface area contributed by atoms with E-state index in [1.165, 1.54) is 0 Å². The van der Waals surface area contributed by atoms with Crippen LogP contribution in [0.25, 0.3) is 0 Å². The maximum atomic E-state index is 12.0. The van der Waals surface area contributed by atoms with Gasteiger partial charge in [0.2, 0.25) is 0 Å². The van der Waals surface area contributed by atoms with E-state index >= 15 is 0 Å². The van der Waals surface area contributed by atoms with Gasteiger partial charge in [-0.1, -0.05) is 23.7 Å². The predicted molar refractivity (Wildman–Crippen MR) is 80.1 cm³/mol. The average molecular weight is 307 g/mol. The van der Waals surface area contributed by atoms with Gasteiger partial charge in [-0.3, -0.25) is 0 Å². The van der Waals surface area contributed by atoms with E-state index < -0.39 is 5.97 Å². The zero-order valence-electron chi connectivity index (χ0n) is 11.8. The highest BCUT2D eigenvalue weighted by molar-refractivity contribution is 6.33. The molecule has 0 fully saturated rings. The molecule has 2 aromatic carbocycles. The first-order valence-corrected chi connectivity index (χ1v) is 6.66. The third-order valence-corrected chi connectivity index (χ3v) is 3.27. The van der Waals surface area contributed by atoms with Gasteiger partial charge in [0.1, 0.15) is 18.1 Å². The average Bonchev–Trinajstić information content (AvgIpc) is 2.52. The van der Waals surface area contributed by atoms with Gasteiger partial charge in [-0.15, -0.1) is 0 Å². The molecule has 0 atom stereocenters. The molecular formula is C16H15ClO4. The summed E-state index contributed by atoms with van der Waals surface area (Å²) in [6.45, 7) is 0.0738. The Morgan fingerprint density at radius 3 is 2.52 bits per heavy atom. The SMILES string of the molecule is COc1ccc(OC)c(COC(=O)c2ccccc2Cl)c1. The fourth-order valence-corrected chi connectivity index (χ4v) is 2.06. The molecule has 0 radical (unpaired) electrons. The van der Waals surface area contributed by atoms with Crippen molar-refractivity contribution in [1.29, 1.82) is 0 Å². The number of hydrogen-bond acceptors (Lipinski definition) is 4. The quantitative estimate of drug-likeness (QED) is 0.790. The summed E-state index contributed by atoms with van der Waals surface area (Å²) in [5, 5.41) is 0.361. The molecule has 0 amide bonds. The zero-order valence-corrected chi connectivity index (χ0v) is 12.5. The Morgan fingerprint density at radius 1 is 1.10 bits per heavy atom. The second-order valence-corrected chi connectivity index (χ2v) is 4.64. The van der Waals surface area contributed by atoms with Crippen molar-refractivity contribution in [3.63, 3.8) is 0 Å². The van der Waals surface area contributed by atoms with Crippen LogP contribution in [0, 0.1) is 0 Å². The Balaban J connectivity index is 2.12. The Kier molecular flexibility index (Phi) is 5.06. The van der Waals surface area contributed by atoms with Gasteiger partial charge in [0, 0.05) is 5.56 Å². The molecule has 0 aromatic heterocycles. The first-order chi connectivity index (χ1) is 10.2. The van der Waals surface area contributed by atoms with E-state index in [0.29, 0.717) is 22.1 Å². The van der Waals surface area contributed by atoms with Gasteiger partial charge in [0.15, 0.2) is 0 Å². The van der Waals surface area contributed by atoms with Gasteiger partial charge in [-0.25, -0.2) is 4.79 Å². The first-order valence-electron chi connectivity index (χ1n) is 6.28. The van der Waals surface area contributed by atoms with Gasteiger partial charge in [0.05, 0.1) is 24.8 Å². The Morgan fingerprint density at radius 2 is 1.86 bits per heavy atom. The lowest BCUT2D eigenvalue weighted by Crippen LogP contribution is -2.06. The zero-order chi connectivity index (χ0) is 15.2. The highest BCUT2D eigenvalue weighted by Crippen LogP contribution is 2.25. The summed E-state index contributed by atoms with van der Waals surface area (Å²) in [6.07, 6.45) is 0. The molecule has 2 aromatic rings. The molecular weight excluding hydrogens is 292 g/mol. The summed E-state index contributed by atoms with van der Waals surface area (Å²) >= 11 is 5.96. The highest BCUT2D eigenvalue weighted by atomic mass is 35.5. The predicted octanol–water partition coefficient (Wildman–Crippen LogP) is 3.71. The Labute approximate surface area is 128 Å². The van der Waals surface area contributed by atoms with Crippen LogP contribution in [0.2, 0.25) is 5.02 Å². The van der Waals surface area contributed by atoms with Crippen LogP contribution in [0.15, 0.2) is 42.5 Å². The smallest absolute Gasteiger partial charge is 0.339 e. The lowest BCUT2D eigenvalue weighted by atomic mass is 10.2. The summed E-state index contributed by atoms with van der Waals surface area (Å²) in [6, 6.07) is 12.0. The van der Waals surface area contributed by atoms with Crippen molar-refractivity contribution >= 4 is 17.6 Å². The van der Waals surface area contributed by atoms with E-state index in [1.54, 1.807) is 56.7 Å². The Bertz CT molecular complexity index is 640. The molecule has 0 aliphatic heterocycles. The molecule has 0 bridgehead atoms. The summed E-state index contributed by atoms with van der Waals surface area (Å²) < 4.78 is 15.7. The molecule has 110 valence electrons. The van der Waals surface area contributed by atoms with Gasteiger partial charge in [-0.2, -0.15) is 0 Å². The number of esters is 1. The molecule has 0 N–H and O–H groups in total. The van der Waals surface area contributed by atoms with Gasteiger partial charge in [0.25, 0.3) is 0 Å². The summed E-state index contributed by atoms with van der Waals surface area (Å²) in [4.78, 5) is 12.0. The lowest BCUT2D eigenvalue weighted by Gasteiger charge is -2.11. The number of carbonyl (C=O) groups excluding carboxylic acids is 1. The van der Waals surface area contributed by atoms with E-state index in [1.807, 2.05) is 0 Å². The van der Waals surface area contributed by atoms with Crippen LogP contribution < -0.4 is 9.47 Å². The monoisotopic (exact) mass is 306 g/mol. The van der Waals surface area contributed by atoms with Crippen molar-refractivity contribution in [2.75, 3.05) is 14.2 Å². The summed E-state index contributed by atoms with van der Waals surface area (Å²) in [5.41, 5.74) is 1.05. The van der Waals surface area contributed by atoms with Crippen molar-refractivity contribution in [1.82, 2.24) is 0 Å². The number of benzene rings is 2. The standard InChI is InChI=1S/C16H15ClO4/c1-19-12-7-8-15(20-2)11(9-12)10-21-16(18)13-5-3-4-6-14(13)17/h3-9H,10H2,1-2H3. The first kappa shape index (κ1) is 15.2. The van der Waals surface area contributed by atoms with E-state index in [9.17, 15) is 4.79 Å². The maximum Gasteiger partial charge on any atom is 0.339 e. The van der Waals surface area contributed by atoms with Gasteiger partial charge in [-0.05, 0) is 30.3 Å². The molecule has 0 spiro atoms.